The van der Waals surface area contributed by atoms with E-state index in [1.807, 2.05) is 0 Å². The number of sulfonamides is 1. The third kappa shape index (κ3) is 3.80. The number of hydrogen-bond donors (Lipinski definition) is 2. The highest BCUT2D eigenvalue weighted by molar-refractivity contribution is 7.89. The van der Waals surface area contributed by atoms with E-state index in [1.54, 1.807) is 13.0 Å². The first kappa shape index (κ1) is 14.6. The summed E-state index contributed by atoms with van der Waals surface area (Å²) in [5.74, 6) is -0.244. The van der Waals surface area contributed by atoms with Crippen molar-refractivity contribution in [2.24, 2.45) is 5.14 Å². The molecule has 0 unspecified atom stereocenters. The summed E-state index contributed by atoms with van der Waals surface area (Å²) in [6.45, 7) is 1.89. The molecule has 18 heavy (non-hydrogen) atoms. The molecule has 6 nitrogen and oxygen atoms in total. The van der Waals surface area contributed by atoms with Gasteiger partial charge >= 0.3 is 0 Å². The van der Waals surface area contributed by atoms with E-state index in [4.69, 9.17) is 9.88 Å². The van der Waals surface area contributed by atoms with Crippen LogP contribution in [-0.4, -0.2) is 28.0 Å². The fourth-order valence-electron chi connectivity index (χ4n) is 1.47. The van der Waals surface area contributed by atoms with Crippen LogP contribution >= 0.6 is 0 Å². The Morgan fingerprint density at radius 2 is 2.11 bits per heavy atom. The first-order valence-electron chi connectivity index (χ1n) is 5.27. The van der Waals surface area contributed by atoms with Crippen LogP contribution < -0.4 is 10.5 Å². The molecule has 0 aromatic heterocycles. The maximum absolute atomic E-state index is 11.5. The van der Waals surface area contributed by atoms with E-state index < -0.39 is 10.0 Å². The Hall–Kier alpha value is -1.44. The average molecular weight is 272 g/mol. The molecule has 3 N–H and O–H groups in total. The van der Waals surface area contributed by atoms with E-state index in [-0.39, 0.29) is 17.2 Å². The third-order valence-electron chi connectivity index (χ3n) is 2.40. The molecule has 0 saturated heterocycles. The Bertz CT molecular complexity index is 540. The van der Waals surface area contributed by atoms with Crippen molar-refractivity contribution in [2.75, 3.05) is 19.0 Å². The number of anilines is 1. The largest absolute Gasteiger partial charge is 0.384 e. The van der Waals surface area contributed by atoms with Crippen LogP contribution in [0.5, 0.6) is 0 Å². The van der Waals surface area contributed by atoms with Crippen molar-refractivity contribution in [1.29, 1.82) is 0 Å². The van der Waals surface area contributed by atoms with Gasteiger partial charge in [-0.3, -0.25) is 4.79 Å². The van der Waals surface area contributed by atoms with Crippen LogP contribution in [0.2, 0.25) is 0 Å². The summed E-state index contributed by atoms with van der Waals surface area (Å²) >= 11 is 0. The maximum atomic E-state index is 11.5. The molecule has 0 saturated carbocycles. The molecule has 0 fully saturated rings. The van der Waals surface area contributed by atoms with Crippen LogP contribution in [0.3, 0.4) is 0 Å². The zero-order chi connectivity index (χ0) is 13.8. The smallest absolute Gasteiger partial charge is 0.238 e. The summed E-state index contributed by atoms with van der Waals surface area (Å²) < 4.78 is 27.4. The number of carbonyl (C=O) groups excluding carboxylic acids is 1. The van der Waals surface area contributed by atoms with Crippen LogP contribution in [0.25, 0.3) is 0 Å². The molecule has 0 heterocycles. The summed E-state index contributed by atoms with van der Waals surface area (Å²) in [7, 11) is -2.28. The van der Waals surface area contributed by atoms with Crippen molar-refractivity contribution < 1.29 is 17.9 Å². The lowest BCUT2D eigenvalue weighted by Crippen LogP contribution is -2.17. The van der Waals surface area contributed by atoms with E-state index in [0.29, 0.717) is 17.9 Å². The molecule has 0 aliphatic carbocycles. The van der Waals surface area contributed by atoms with Gasteiger partial charge in [0.05, 0.1) is 17.9 Å². The number of nitrogens with one attached hydrogen (secondary N) is 1. The van der Waals surface area contributed by atoms with E-state index in [9.17, 15) is 13.2 Å². The van der Waals surface area contributed by atoms with Gasteiger partial charge in [-0.1, -0.05) is 6.07 Å². The van der Waals surface area contributed by atoms with Gasteiger partial charge < -0.3 is 10.1 Å². The molecule has 0 bridgehead atoms. The summed E-state index contributed by atoms with van der Waals surface area (Å²) in [5, 5.41) is 7.70. The van der Waals surface area contributed by atoms with Crippen LogP contribution in [0, 0.1) is 6.92 Å². The Morgan fingerprint density at radius 1 is 1.44 bits per heavy atom. The van der Waals surface area contributed by atoms with Gasteiger partial charge in [0.1, 0.15) is 0 Å². The first-order chi connectivity index (χ1) is 8.36. The SMILES string of the molecule is COCCC(=O)Nc1cccc(S(N)(=O)=O)c1C. The van der Waals surface area contributed by atoms with Gasteiger partial charge in [0, 0.05) is 12.8 Å². The Kier molecular flexibility index (Phi) is 4.83. The van der Waals surface area contributed by atoms with E-state index in [0.717, 1.165) is 0 Å². The fraction of sp³-hybridized carbons (Fsp3) is 0.364. The minimum Gasteiger partial charge on any atom is -0.384 e. The average Bonchev–Trinajstić information content (AvgIpc) is 2.27. The zero-order valence-corrected chi connectivity index (χ0v) is 11.1. The number of methoxy groups -OCH3 is 1. The second-order valence-corrected chi connectivity index (χ2v) is 5.29. The minimum atomic E-state index is -3.78. The predicted octanol–water partition coefficient (Wildman–Crippen LogP) is 0.617. The highest BCUT2D eigenvalue weighted by atomic mass is 32.2. The Labute approximate surface area is 106 Å². The molecule has 0 spiro atoms. The summed E-state index contributed by atoms with van der Waals surface area (Å²) in [4.78, 5) is 11.5. The van der Waals surface area contributed by atoms with E-state index in [1.165, 1.54) is 19.2 Å². The van der Waals surface area contributed by atoms with Crippen molar-refractivity contribution in [1.82, 2.24) is 0 Å². The second-order valence-electron chi connectivity index (χ2n) is 3.76. The topological polar surface area (TPSA) is 98.5 Å². The Balaban J connectivity index is 2.95. The lowest BCUT2D eigenvalue weighted by molar-refractivity contribution is -0.117. The van der Waals surface area contributed by atoms with Crippen LogP contribution in [0.4, 0.5) is 5.69 Å². The quantitative estimate of drug-likeness (QED) is 0.820. The molecule has 0 atom stereocenters. The van der Waals surface area contributed by atoms with Gasteiger partial charge in [0.15, 0.2) is 0 Å². The van der Waals surface area contributed by atoms with Crippen molar-refractivity contribution in [3.05, 3.63) is 23.8 Å². The molecule has 1 aromatic rings. The lowest BCUT2D eigenvalue weighted by Gasteiger charge is -2.11. The fourth-order valence-corrected chi connectivity index (χ4v) is 2.27. The van der Waals surface area contributed by atoms with Gasteiger partial charge in [0.2, 0.25) is 15.9 Å². The normalized spacial score (nSPS) is 11.3. The summed E-state index contributed by atoms with van der Waals surface area (Å²) in [6.07, 6.45) is 0.204. The standard InChI is InChI=1S/C11H16N2O4S/c1-8-9(13-11(14)6-7-17-2)4-3-5-10(8)18(12,15)16/h3-5H,6-7H2,1-2H3,(H,13,14)(H2,12,15,16). The molecule has 1 rings (SSSR count). The zero-order valence-electron chi connectivity index (χ0n) is 10.3. The van der Waals surface area contributed by atoms with Crippen LogP contribution in [0.15, 0.2) is 23.1 Å². The van der Waals surface area contributed by atoms with Crippen molar-refractivity contribution in [3.63, 3.8) is 0 Å². The molecule has 100 valence electrons. The van der Waals surface area contributed by atoms with Crippen molar-refractivity contribution in [3.8, 4) is 0 Å². The molecule has 1 amide bonds. The monoisotopic (exact) mass is 272 g/mol. The minimum absolute atomic E-state index is 0.00652. The van der Waals surface area contributed by atoms with Gasteiger partial charge in [0.25, 0.3) is 0 Å². The second kappa shape index (κ2) is 5.94. The Morgan fingerprint density at radius 3 is 2.67 bits per heavy atom. The number of hydrogen-bond acceptors (Lipinski definition) is 4. The molecule has 0 aliphatic rings. The highest BCUT2D eigenvalue weighted by Gasteiger charge is 2.14. The van der Waals surface area contributed by atoms with Crippen molar-refractivity contribution >= 4 is 21.6 Å². The molecular weight excluding hydrogens is 256 g/mol. The van der Waals surface area contributed by atoms with Gasteiger partial charge in [-0.05, 0) is 24.6 Å². The van der Waals surface area contributed by atoms with E-state index in [2.05, 4.69) is 5.32 Å². The number of carbonyl (C=O) groups is 1. The van der Waals surface area contributed by atoms with Crippen LogP contribution in [-0.2, 0) is 19.6 Å². The highest BCUT2D eigenvalue weighted by Crippen LogP contribution is 2.22. The third-order valence-corrected chi connectivity index (χ3v) is 3.45. The number of benzene rings is 1. The lowest BCUT2D eigenvalue weighted by atomic mass is 10.2. The van der Waals surface area contributed by atoms with E-state index >= 15 is 0 Å². The van der Waals surface area contributed by atoms with Gasteiger partial charge in [-0.2, -0.15) is 0 Å². The molecule has 7 heteroatoms. The number of ether oxygens (including phenoxy) is 1. The van der Waals surface area contributed by atoms with Gasteiger partial charge in [-0.25, -0.2) is 13.6 Å². The van der Waals surface area contributed by atoms with Gasteiger partial charge in [-0.15, -0.1) is 0 Å². The molecular formula is C11H16N2O4S. The molecule has 0 radical (unpaired) electrons. The summed E-state index contributed by atoms with van der Waals surface area (Å²) in [5.41, 5.74) is 0.855. The summed E-state index contributed by atoms with van der Waals surface area (Å²) in [6, 6.07) is 4.54. The first-order valence-corrected chi connectivity index (χ1v) is 6.82. The molecule has 1 aromatic carbocycles. The number of nitrogens with two attached hydrogens (primary N) is 1. The number of primary sulfonamides is 1. The van der Waals surface area contributed by atoms with Crippen molar-refractivity contribution in [2.45, 2.75) is 18.2 Å². The maximum Gasteiger partial charge on any atom is 0.238 e. The van der Waals surface area contributed by atoms with Crippen LogP contribution in [0.1, 0.15) is 12.0 Å². The number of rotatable bonds is 5. The number of amides is 1. The molecule has 0 aliphatic heterocycles. The predicted molar refractivity (Wildman–Crippen MR) is 67.7 cm³/mol.